The lowest BCUT2D eigenvalue weighted by Gasteiger charge is -1.93. The van der Waals surface area contributed by atoms with E-state index in [1.54, 1.807) is 14.1 Å². The highest BCUT2D eigenvalue weighted by Gasteiger charge is 2.06. The van der Waals surface area contributed by atoms with Crippen molar-refractivity contribution in [2.24, 2.45) is 0 Å². The molecule has 7 nitrogen and oxygen atoms in total. The number of nitro groups is 1. The Morgan fingerprint density at radius 2 is 1.76 bits per heavy atom. The second kappa shape index (κ2) is 6.94. The summed E-state index contributed by atoms with van der Waals surface area (Å²) in [5.41, 5.74) is -0.0689. The standard InChI is InChI=1S/C7H5NO4.C3H7NO/c9-7(10)5-1-3-6(4-2-5)8(11)12;1-4(2)3-5/h1-4H,(H,9,10);3H,1-2H3. The Morgan fingerprint density at radius 1 is 1.35 bits per heavy atom. The minimum absolute atomic E-state index is 0.0422. The van der Waals surface area contributed by atoms with Crippen LogP contribution in [0.25, 0.3) is 0 Å². The number of benzene rings is 1. The third-order valence-electron chi connectivity index (χ3n) is 1.54. The molecule has 0 saturated carbocycles. The van der Waals surface area contributed by atoms with Crippen LogP contribution >= 0.6 is 0 Å². The Bertz CT molecular complexity index is 367. The molecule has 92 valence electrons. The van der Waals surface area contributed by atoms with Crippen LogP contribution in [0.5, 0.6) is 0 Å². The molecule has 0 fully saturated rings. The van der Waals surface area contributed by atoms with Crippen LogP contribution in [-0.4, -0.2) is 41.4 Å². The van der Waals surface area contributed by atoms with Crippen LogP contribution in [-0.2, 0) is 4.79 Å². The zero-order valence-corrected chi connectivity index (χ0v) is 9.36. The zero-order chi connectivity index (χ0) is 13.4. The minimum Gasteiger partial charge on any atom is -0.478 e. The minimum atomic E-state index is -1.09. The van der Waals surface area contributed by atoms with E-state index in [1.807, 2.05) is 0 Å². The van der Waals surface area contributed by atoms with Gasteiger partial charge in [-0.05, 0) is 12.1 Å². The Labute approximate surface area is 97.4 Å². The van der Waals surface area contributed by atoms with E-state index >= 15 is 0 Å². The van der Waals surface area contributed by atoms with Crippen LogP contribution in [0.2, 0.25) is 0 Å². The van der Waals surface area contributed by atoms with E-state index in [2.05, 4.69) is 0 Å². The molecule has 1 rings (SSSR count). The van der Waals surface area contributed by atoms with Crippen LogP contribution < -0.4 is 0 Å². The van der Waals surface area contributed by atoms with Crippen molar-refractivity contribution in [2.75, 3.05) is 14.1 Å². The molecule has 0 aromatic heterocycles. The maximum Gasteiger partial charge on any atom is 0.335 e. The van der Waals surface area contributed by atoms with Gasteiger partial charge in [-0.25, -0.2) is 4.79 Å². The van der Waals surface area contributed by atoms with Crippen LogP contribution in [0.15, 0.2) is 24.3 Å². The molecule has 17 heavy (non-hydrogen) atoms. The molecule has 0 aliphatic carbocycles. The molecule has 1 aromatic carbocycles. The third-order valence-corrected chi connectivity index (χ3v) is 1.54. The Morgan fingerprint density at radius 3 is 2.00 bits per heavy atom. The first kappa shape index (κ1) is 14.6. The number of aromatic carboxylic acids is 1. The van der Waals surface area contributed by atoms with Crippen molar-refractivity contribution in [3.8, 4) is 0 Å². The molecule has 0 saturated heterocycles. The summed E-state index contributed by atoms with van der Waals surface area (Å²) < 4.78 is 0. The van der Waals surface area contributed by atoms with E-state index in [0.29, 0.717) is 0 Å². The van der Waals surface area contributed by atoms with Crippen LogP contribution in [0.4, 0.5) is 5.69 Å². The summed E-state index contributed by atoms with van der Waals surface area (Å²) in [6.07, 6.45) is 0.750. The Balaban J connectivity index is 0.000000437. The number of hydrogen-bond acceptors (Lipinski definition) is 4. The van der Waals surface area contributed by atoms with Crippen LogP contribution in [0.3, 0.4) is 0 Å². The monoisotopic (exact) mass is 240 g/mol. The molecule has 1 aromatic rings. The molecule has 1 amide bonds. The Kier molecular flexibility index (Phi) is 5.94. The van der Waals surface area contributed by atoms with Gasteiger partial charge in [0.25, 0.3) is 5.69 Å². The van der Waals surface area contributed by atoms with Crippen molar-refractivity contribution < 1.29 is 19.6 Å². The number of rotatable bonds is 3. The Hall–Kier alpha value is -2.44. The third kappa shape index (κ3) is 5.88. The molecular formula is C10H12N2O5. The molecule has 1 N–H and O–H groups in total. The lowest BCUT2D eigenvalue weighted by molar-refractivity contribution is -0.384. The van der Waals surface area contributed by atoms with Crippen molar-refractivity contribution in [2.45, 2.75) is 0 Å². The summed E-state index contributed by atoms with van der Waals surface area (Å²) in [4.78, 5) is 30.7. The average Bonchev–Trinajstić information content (AvgIpc) is 2.29. The molecule has 0 heterocycles. The van der Waals surface area contributed by atoms with Gasteiger partial charge in [0.15, 0.2) is 0 Å². The van der Waals surface area contributed by atoms with Gasteiger partial charge in [-0.15, -0.1) is 0 Å². The highest BCUT2D eigenvalue weighted by molar-refractivity contribution is 5.87. The van der Waals surface area contributed by atoms with Gasteiger partial charge in [-0.1, -0.05) is 0 Å². The first-order valence-electron chi connectivity index (χ1n) is 4.48. The number of carbonyl (C=O) groups is 2. The van der Waals surface area contributed by atoms with Gasteiger partial charge in [0.2, 0.25) is 6.41 Å². The fourth-order valence-electron chi connectivity index (χ4n) is 0.726. The first-order valence-corrected chi connectivity index (χ1v) is 4.48. The number of carboxylic acid groups (broad SMARTS) is 1. The first-order chi connectivity index (χ1) is 7.88. The maximum absolute atomic E-state index is 10.3. The molecule has 0 aliphatic heterocycles. The number of carboxylic acids is 1. The van der Waals surface area contributed by atoms with Gasteiger partial charge >= 0.3 is 5.97 Å². The number of non-ortho nitro benzene ring substituents is 1. The van der Waals surface area contributed by atoms with Gasteiger partial charge in [-0.2, -0.15) is 0 Å². The van der Waals surface area contributed by atoms with E-state index in [1.165, 1.54) is 17.0 Å². The highest BCUT2D eigenvalue weighted by Crippen LogP contribution is 2.11. The summed E-state index contributed by atoms with van der Waals surface area (Å²) in [5.74, 6) is -1.09. The largest absolute Gasteiger partial charge is 0.478 e. The molecule has 0 aliphatic rings. The van der Waals surface area contributed by atoms with E-state index in [-0.39, 0.29) is 11.3 Å². The maximum atomic E-state index is 10.3. The predicted octanol–water partition coefficient (Wildman–Crippen LogP) is 0.997. The van der Waals surface area contributed by atoms with E-state index in [0.717, 1.165) is 18.5 Å². The molecule has 0 atom stereocenters. The normalized spacial score (nSPS) is 8.59. The quantitative estimate of drug-likeness (QED) is 0.482. The van der Waals surface area contributed by atoms with Gasteiger partial charge in [0, 0.05) is 26.2 Å². The molecule has 7 heteroatoms. The van der Waals surface area contributed by atoms with E-state index < -0.39 is 10.9 Å². The van der Waals surface area contributed by atoms with Crippen molar-refractivity contribution in [1.29, 1.82) is 0 Å². The molecule has 0 spiro atoms. The van der Waals surface area contributed by atoms with Crippen molar-refractivity contribution in [3.05, 3.63) is 39.9 Å². The molecule has 0 radical (unpaired) electrons. The lowest BCUT2D eigenvalue weighted by atomic mass is 10.2. The summed E-state index contributed by atoms with van der Waals surface area (Å²) in [6, 6.07) is 4.70. The van der Waals surface area contributed by atoms with Gasteiger partial charge in [0.05, 0.1) is 10.5 Å². The highest BCUT2D eigenvalue weighted by atomic mass is 16.6. The topological polar surface area (TPSA) is 101 Å². The number of amides is 1. The van der Waals surface area contributed by atoms with Gasteiger partial charge in [0.1, 0.15) is 0 Å². The van der Waals surface area contributed by atoms with E-state index in [4.69, 9.17) is 5.11 Å². The summed E-state index contributed by atoms with van der Waals surface area (Å²) in [7, 11) is 3.38. The molecule has 0 bridgehead atoms. The molecule has 0 unspecified atom stereocenters. The number of nitrogens with zero attached hydrogens (tertiary/aromatic N) is 2. The van der Waals surface area contributed by atoms with Crippen molar-refractivity contribution in [3.63, 3.8) is 0 Å². The summed E-state index contributed by atoms with van der Waals surface area (Å²) in [6.45, 7) is 0. The smallest absolute Gasteiger partial charge is 0.335 e. The number of hydrogen-bond donors (Lipinski definition) is 1. The van der Waals surface area contributed by atoms with Crippen LogP contribution in [0.1, 0.15) is 10.4 Å². The summed E-state index contributed by atoms with van der Waals surface area (Å²) >= 11 is 0. The lowest BCUT2D eigenvalue weighted by Crippen LogP contribution is -2.06. The van der Waals surface area contributed by atoms with Crippen LogP contribution in [0, 0.1) is 10.1 Å². The SMILES string of the molecule is CN(C)C=O.O=C(O)c1ccc([N+](=O)[O-])cc1. The number of carbonyl (C=O) groups excluding carboxylic acids is 1. The fourth-order valence-corrected chi connectivity index (χ4v) is 0.726. The van der Waals surface area contributed by atoms with Gasteiger partial charge in [-0.3, -0.25) is 14.9 Å². The molecular weight excluding hydrogens is 228 g/mol. The van der Waals surface area contributed by atoms with Gasteiger partial charge < -0.3 is 10.0 Å². The second-order valence-electron chi connectivity index (χ2n) is 3.18. The number of nitro benzene ring substituents is 1. The van der Waals surface area contributed by atoms with E-state index in [9.17, 15) is 19.7 Å². The second-order valence-corrected chi connectivity index (χ2v) is 3.18. The fraction of sp³-hybridized carbons (Fsp3) is 0.200. The summed E-state index contributed by atoms with van der Waals surface area (Å²) in [5, 5.41) is 18.6. The van der Waals surface area contributed by atoms with Crippen molar-refractivity contribution >= 4 is 18.1 Å². The average molecular weight is 240 g/mol. The predicted molar refractivity (Wildman–Crippen MR) is 59.8 cm³/mol. The van der Waals surface area contributed by atoms with Crippen molar-refractivity contribution in [1.82, 2.24) is 4.90 Å². The zero-order valence-electron chi connectivity index (χ0n) is 9.36.